The molecular formula is C14H15N3O3. The van der Waals surface area contributed by atoms with Crippen LogP contribution in [0.4, 0.5) is 11.5 Å². The third-order valence-corrected chi connectivity index (χ3v) is 3.23. The molecule has 0 aliphatic heterocycles. The lowest BCUT2D eigenvalue weighted by Crippen LogP contribution is -2.01. The highest BCUT2D eigenvalue weighted by atomic mass is 16.6. The minimum Gasteiger partial charge on any atom is -0.496 e. The summed E-state index contributed by atoms with van der Waals surface area (Å²) < 4.78 is 5.38. The van der Waals surface area contributed by atoms with Gasteiger partial charge in [-0.15, -0.1) is 0 Å². The molecule has 1 aromatic heterocycles. The molecule has 0 unspecified atom stereocenters. The Kier molecular flexibility index (Phi) is 3.56. The zero-order valence-corrected chi connectivity index (χ0v) is 11.5. The fourth-order valence-electron chi connectivity index (χ4n) is 2.05. The summed E-state index contributed by atoms with van der Waals surface area (Å²) >= 11 is 0. The van der Waals surface area contributed by atoms with Gasteiger partial charge in [-0.1, -0.05) is 6.07 Å². The fraction of sp³-hybridized carbons (Fsp3) is 0.214. The van der Waals surface area contributed by atoms with Crippen LogP contribution in [0.1, 0.15) is 11.1 Å². The standard InChI is InChI=1S/C14H15N3O3/c1-8-4-5-10(14(20-3)9(8)2)13-11(17(18)19)6-7-12(15)16-13/h4-7H,1-3H3,(H2,15,16). The number of hydrogen-bond acceptors (Lipinski definition) is 5. The van der Waals surface area contributed by atoms with Crippen molar-refractivity contribution in [2.45, 2.75) is 13.8 Å². The van der Waals surface area contributed by atoms with Crippen LogP contribution in [0.5, 0.6) is 5.75 Å². The fourth-order valence-corrected chi connectivity index (χ4v) is 2.05. The summed E-state index contributed by atoms with van der Waals surface area (Å²) in [5.74, 6) is 0.803. The van der Waals surface area contributed by atoms with Gasteiger partial charge in [-0.05, 0) is 37.1 Å². The van der Waals surface area contributed by atoms with Gasteiger partial charge in [0, 0.05) is 11.6 Å². The number of nitrogen functional groups attached to an aromatic ring is 1. The first-order valence-electron chi connectivity index (χ1n) is 6.01. The van der Waals surface area contributed by atoms with E-state index in [1.54, 1.807) is 6.07 Å². The maximum Gasteiger partial charge on any atom is 0.295 e. The molecule has 6 heteroatoms. The summed E-state index contributed by atoms with van der Waals surface area (Å²) in [5.41, 5.74) is 8.29. The molecule has 0 spiro atoms. The Morgan fingerprint density at radius 2 is 1.95 bits per heavy atom. The quantitative estimate of drug-likeness (QED) is 0.685. The van der Waals surface area contributed by atoms with Crippen molar-refractivity contribution in [1.29, 1.82) is 0 Å². The molecule has 0 amide bonds. The monoisotopic (exact) mass is 273 g/mol. The third kappa shape index (κ3) is 2.27. The highest BCUT2D eigenvalue weighted by Crippen LogP contribution is 2.38. The van der Waals surface area contributed by atoms with E-state index < -0.39 is 4.92 Å². The van der Waals surface area contributed by atoms with Crippen molar-refractivity contribution >= 4 is 11.5 Å². The number of ether oxygens (including phenoxy) is 1. The smallest absolute Gasteiger partial charge is 0.295 e. The number of aryl methyl sites for hydroxylation is 1. The maximum atomic E-state index is 11.1. The van der Waals surface area contributed by atoms with E-state index in [1.165, 1.54) is 19.2 Å². The first-order valence-corrected chi connectivity index (χ1v) is 6.01. The third-order valence-electron chi connectivity index (χ3n) is 3.23. The lowest BCUT2D eigenvalue weighted by atomic mass is 10.0. The zero-order chi connectivity index (χ0) is 14.9. The molecule has 0 radical (unpaired) electrons. The number of nitro groups is 1. The number of benzene rings is 1. The SMILES string of the molecule is COc1c(-c2nc(N)ccc2[N+](=O)[O-])ccc(C)c1C. The number of pyridine rings is 1. The maximum absolute atomic E-state index is 11.1. The summed E-state index contributed by atoms with van der Waals surface area (Å²) in [5, 5.41) is 11.1. The van der Waals surface area contributed by atoms with Crippen molar-refractivity contribution in [3.8, 4) is 17.0 Å². The van der Waals surface area contributed by atoms with Gasteiger partial charge in [-0.2, -0.15) is 0 Å². The average Bonchev–Trinajstić information content (AvgIpc) is 2.41. The van der Waals surface area contributed by atoms with Gasteiger partial charge in [0.1, 0.15) is 11.6 Å². The van der Waals surface area contributed by atoms with Crippen molar-refractivity contribution < 1.29 is 9.66 Å². The molecular weight excluding hydrogens is 258 g/mol. The summed E-state index contributed by atoms with van der Waals surface area (Å²) in [4.78, 5) is 14.8. The Morgan fingerprint density at radius 1 is 1.25 bits per heavy atom. The van der Waals surface area contributed by atoms with Gasteiger partial charge in [0.2, 0.25) is 0 Å². The number of nitrogens with two attached hydrogens (primary N) is 1. The molecule has 0 saturated heterocycles. The molecule has 1 aromatic carbocycles. The van der Waals surface area contributed by atoms with Crippen LogP contribution in [-0.4, -0.2) is 17.0 Å². The van der Waals surface area contributed by atoms with Gasteiger partial charge in [0.25, 0.3) is 5.69 Å². The van der Waals surface area contributed by atoms with Gasteiger partial charge in [-0.3, -0.25) is 10.1 Å². The molecule has 20 heavy (non-hydrogen) atoms. The number of rotatable bonds is 3. The number of aromatic nitrogens is 1. The van der Waals surface area contributed by atoms with E-state index in [1.807, 2.05) is 19.9 Å². The van der Waals surface area contributed by atoms with E-state index in [0.29, 0.717) is 11.3 Å². The highest BCUT2D eigenvalue weighted by molar-refractivity contribution is 5.77. The van der Waals surface area contributed by atoms with Gasteiger partial charge < -0.3 is 10.5 Å². The summed E-state index contributed by atoms with van der Waals surface area (Å²) in [6, 6.07) is 6.40. The molecule has 2 rings (SSSR count). The van der Waals surface area contributed by atoms with Crippen molar-refractivity contribution in [2.75, 3.05) is 12.8 Å². The second-order valence-electron chi connectivity index (χ2n) is 4.45. The molecule has 0 saturated carbocycles. The van der Waals surface area contributed by atoms with E-state index in [9.17, 15) is 10.1 Å². The second kappa shape index (κ2) is 5.16. The van der Waals surface area contributed by atoms with E-state index in [-0.39, 0.29) is 17.2 Å². The van der Waals surface area contributed by atoms with Crippen LogP contribution < -0.4 is 10.5 Å². The number of nitrogens with zero attached hydrogens (tertiary/aromatic N) is 2. The molecule has 2 aromatic rings. The molecule has 0 fully saturated rings. The van der Waals surface area contributed by atoms with E-state index in [2.05, 4.69) is 4.98 Å². The highest BCUT2D eigenvalue weighted by Gasteiger charge is 2.21. The largest absolute Gasteiger partial charge is 0.496 e. The molecule has 6 nitrogen and oxygen atoms in total. The van der Waals surface area contributed by atoms with Crippen LogP contribution in [0.2, 0.25) is 0 Å². The van der Waals surface area contributed by atoms with Crippen molar-refractivity contribution in [3.63, 3.8) is 0 Å². The Bertz CT molecular complexity index is 684. The lowest BCUT2D eigenvalue weighted by Gasteiger charge is -2.13. The molecule has 104 valence electrons. The Morgan fingerprint density at radius 3 is 2.55 bits per heavy atom. The molecule has 2 N–H and O–H groups in total. The van der Waals surface area contributed by atoms with Gasteiger partial charge >= 0.3 is 0 Å². The topological polar surface area (TPSA) is 91.3 Å². The van der Waals surface area contributed by atoms with Crippen molar-refractivity contribution in [2.24, 2.45) is 0 Å². The van der Waals surface area contributed by atoms with Gasteiger partial charge in [-0.25, -0.2) is 4.98 Å². The summed E-state index contributed by atoms with van der Waals surface area (Å²) in [6.45, 7) is 3.85. The Balaban J connectivity index is 2.77. The average molecular weight is 273 g/mol. The predicted octanol–water partition coefficient (Wildman–Crippen LogP) is 2.86. The minimum absolute atomic E-state index is 0.0965. The number of anilines is 1. The van der Waals surface area contributed by atoms with Crippen LogP contribution in [0.25, 0.3) is 11.3 Å². The van der Waals surface area contributed by atoms with Crippen LogP contribution in [0, 0.1) is 24.0 Å². The summed E-state index contributed by atoms with van der Waals surface area (Å²) in [7, 11) is 1.53. The van der Waals surface area contributed by atoms with Gasteiger partial charge in [0.05, 0.1) is 12.0 Å². The van der Waals surface area contributed by atoms with Crippen LogP contribution in [0.3, 0.4) is 0 Å². The normalized spacial score (nSPS) is 10.3. The number of hydrogen-bond donors (Lipinski definition) is 1. The Hall–Kier alpha value is -2.63. The first kappa shape index (κ1) is 13.8. The molecule has 0 aliphatic rings. The van der Waals surface area contributed by atoms with E-state index >= 15 is 0 Å². The van der Waals surface area contributed by atoms with Crippen molar-refractivity contribution in [1.82, 2.24) is 4.98 Å². The van der Waals surface area contributed by atoms with Crippen LogP contribution in [-0.2, 0) is 0 Å². The van der Waals surface area contributed by atoms with E-state index in [4.69, 9.17) is 10.5 Å². The predicted molar refractivity (Wildman–Crippen MR) is 76.8 cm³/mol. The Labute approximate surface area is 116 Å². The van der Waals surface area contributed by atoms with Crippen molar-refractivity contribution in [3.05, 3.63) is 45.5 Å². The second-order valence-corrected chi connectivity index (χ2v) is 4.45. The molecule has 0 atom stereocenters. The zero-order valence-electron chi connectivity index (χ0n) is 11.5. The van der Waals surface area contributed by atoms with E-state index in [0.717, 1.165) is 11.1 Å². The molecule has 1 heterocycles. The minimum atomic E-state index is -0.476. The first-order chi connectivity index (χ1) is 9.45. The van der Waals surface area contributed by atoms with Crippen LogP contribution >= 0.6 is 0 Å². The molecule has 0 bridgehead atoms. The summed E-state index contributed by atoms with van der Waals surface area (Å²) in [6.07, 6.45) is 0. The lowest BCUT2D eigenvalue weighted by molar-refractivity contribution is -0.384. The van der Waals surface area contributed by atoms with Gasteiger partial charge in [0.15, 0.2) is 5.69 Å². The number of methoxy groups -OCH3 is 1. The molecule has 0 aliphatic carbocycles. The van der Waals surface area contributed by atoms with Crippen LogP contribution in [0.15, 0.2) is 24.3 Å².